The molecule has 0 aliphatic carbocycles. The van der Waals surface area contributed by atoms with Gasteiger partial charge in [-0.05, 0) is 65.2 Å². The molecule has 0 bridgehead atoms. The number of hydrogen-bond acceptors (Lipinski definition) is 2. The minimum atomic E-state index is 0.271. The Morgan fingerprint density at radius 1 is 1.40 bits per heavy atom. The molecule has 0 radical (unpaired) electrons. The van der Waals surface area contributed by atoms with Crippen LogP contribution < -0.4 is 10.6 Å². The summed E-state index contributed by atoms with van der Waals surface area (Å²) in [4.78, 5) is 2.53. The average molecular weight is 339 g/mol. The zero-order valence-electron chi connectivity index (χ0n) is 12.7. The molecule has 1 saturated heterocycles. The molecule has 2 atom stereocenters. The molecule has 1 aliphatic heterocycles. The smallest absolute Gasteiger partial charge is 0.0510 e. The Bertz CT molecular complexity index is 433. The van der Waals surface area contributed by atoms with Gasteiger partial charge in [-0.15, -0.1) is 0 Å². The molecule has 1 aromatic carbocycles. The largest absolute Gasteiger partial charge is 0.370 e. The van der Waals surface area contributed by atoms with Crippen molar-refractivity contribution in [1.29, 1.82) is 0 Å². The van der Waals surface area contributed by atoms with Crippen molar-refractivity contribution >= 4 is 21.6 Å². The quantitative estimate of drug-likeness (QED) is 0.864. The number of hydrogen-bond donors (Lipinski definition) is 1. The van der Waals surface area contributed by atoms with Gasteiger partial charge in [-0.2, -0.15) is 0 Å². The van der Waals surface area contributed by atoms with Gasteiger partial charge < -0.3 is 10.6 Å². The van der Waals surface area contributed by atoms with E-state index in [0.717, 1.165) is 18.8 Å². The Balaban J connectivity index is 2.09. The van der Waals surface area contributed by atoms with Crippen LogP contribution in [-0.2, 0) is 6.42 Å². The number of benzene rings is 1. The van der Waals surface area contributed by atoms with Gasteiger partial charge in [-0.3, -0.25) is 0 Å². The molecule has 0 saturated carbocycles. The summed E-state index contributed by atoms with van der Waals surface area (Å²) in [7, 11) is 0. The second-order valence-electron chi connectivity index (χ2n) is 6.02. The molecule has 0 aromatic heterocycles. The molecule has 0 amide bonds. The van der Waals surface area contributed by atoms with Crippen molar-refractivity contribution in [3.63, 3.8) is 0 Å². The first kappa shape index (κ1) is 15.8. The lowest BCUT2D eigenvalue weighted by molar-refractivity contribution is 0.404. The standard InChI is InChI=1S/C17H27BrN2/c1-3-13-6-5-9-20(12-13)17-8-7-14(11-16(17)18)10-15(19)4-2/h7-8,11,13,15H,3-6,9-10,12,19H2,1-2H3. The molecule has 3 heteroatoms. The fraction of sp³-hybridized carbons (Fsp3) is 0.647. The van der Waals surface area contributed by atoms with Crippen molar-refractivity contribution in [3.8, 4) is 0 Å². The van der Waals surface area contributed by atoms with E-state index < -0.39 is 0 Å². The first-order valence-corrected chi connectivity index (χ1v) is 8.72. The third kappa shape index (κ3) is 3.98. The van der Waals surface area contributed by atoms with Crippen LogP contribution in [0.4, 0.5) is 5.69 Å². The second kappa shape index (κ2) is 7.46. The summed E-state index contributed by atoms with van der Waals surface area (Å²) in [6.45, 7) is 6.83. The maximum Gasteiger partial charge on any atom is 0.0510 e. The fourth-order valence-corrected chi connectivity index (χ4v) is 3.67. The highest BCUT2D eigenvalue weighted by molar-refractivity contribution is 9.10. The van der Waals surface area contributed by atoms with E-state index in [4.69, 9.17) is 5.73 Å². The van der Waals surface area contributed by atoms with Gasteiger partial charge in [-0.1, -0.05) is 26.3 Å². The van der Waals surface area contributed by atoms with Gasteiger partial charge in [0.15, 0.2) is 0 Å². The summed E-state index contributed by atoms with van der Waals surface area (Å²) in [5.41, 5.74) is 8.72. The van der Waals surface area contributed by atoms with E-state index in [1.54, 1.807) is 0 Å². The van der Waals surface area contributed by atoms with Crippen LogP contribution in [-0.4, -0.2) is 19.1 Å². The molecule has 1 heterocycles. The first-order chi connectivity index (χ1) is 9.63. The van der Waals surface area contributed by atoms with Gasteiger partial charge in [-0.25, -0.2) is 0 Å². The van der Waals surface area contributed by atoms with Crippen LogP contribution in [0.25, 0.3) is 0 Å². The Hall–Kier alpha value is -0.540. The van der Waals surface area contributed by atoms with E-state index in [1.807, 2.05) is 0 Å². The number of nitrogens with two attached hydrogens (primary N) is 1. The van der Waals surface area contributed by atoms with E-state index in [-0.39, 0.29) is 6.04 Å². The highest BCUT2D eigenvalue weighted by Crippen LogP contribution is 2.31. The minimum absolute atomic E-state index is 0.271. The maximum atomic E-state index is 6.05. The van der Waals surface area contributed by atoms with Gasteiger partial charge in [0.2, 0.25) is 0 Å². The highest BCUT2D eigenvalue weighted by Gasteiger charge is 2.20. The lowest BCUT2D eigenvalue weighted by Crippen LogP contribution is -2.35. The number of nitrogens with zero attached hydrogens (tertiary/aromatic N) is 1. The zero-order valence-corrected chi connectivity index (χ0v) is 14.3. The van der Waals surface area contributed by atoms with Crippen LogP contribution >= 0.6 is 15.9 Å². The van der Waals surface area contributed by atoms with E-state index >= 15 is 0 Å². The Labute approximate surface area is 131 Å². The van der Waals surface area contributed by atoms with Crippen LogP contribution in [0.3, 0.4) is 0 Å². The Morgan fingerprint density at radius 2 is 2.20 bits per heavy atom. The molecule has 2 unspecified atom stereocenters. The highest BCUT2D eigenvalue weighted by atomic mass is 79.9. The summed E-state index contributed by atoms with van der Waals surface area (Å²) in [5, 5.41) is 0. The molecule has 0 spiro atoms. The second-order valence-corrected chi connectivity index (χ2v) is 6.88. The summed E-state index contributed by atoms with van der Waals surface area (Å²) in [6, 6.07) is 7.03. The Kier molecular flexibility index (Phi) is 5.91. The normalized spacial score (nSPS) is 21.0. The van der Waals surface area contributed by atoms with E-state index in [0.29, 0.717) is 0 Å². The lowest BCUT2D eigenvalue weighted by Gasteiger charge is -2.34. The lowest BCUT2D eigenvalue weighted by atomic mass is 9.95. The van der Waals surface area contributed by atoms with Crippen molar-refractivity contribution in [1.82, 2.24) is 0 Å². The monoisotopic (exact) mass is 338 g/mol. The number of rotatable bonds is 5. The van der Waals surface area contributed by atoms with E-state index in [1.165, 1.54) is 48.1 Å². The molecular formula is C17H27BrN2. The SMILES string of the molecule is CCC(N)Cc1ccc(N2CCCC(CC)C2)c(Br)c1. The number of piperidine rings is 1. The predicted octanol–water partition coefficient (Wildman–Crippen LogP) is 4.36. The van der Waals surface area contributed by atoms with Crippen LogP contribution in [0.5, 0.6) is 0 Å². The predicted molar refractivity (Wildman–Crippen MR) is 91.3 cm³/mol. The molecule has 2 nitrogen and oxygen atoms in total. The summed E-state index contributed by atoms with van der Waals surface area (Å²) < 4.78 is 1.22. The maximum absolute atomic E-state index is 6.05. The molecule has 112 valence electrons. The number of anilines is 1. The van der Waals surface area contributed by atoms with Crippen LogP contribution in [0.15, 0.2) is 22.7 Å². The van der Waals surface area contributed by atoms with Gasteiger partial charge in [0.1, 0.15) is 0 Å². The average Bonchev–Trinajstić information content (AvgIpc) is 2.47. The zero-order chi connectivity index (χ0) is 14.5. The first-order valence-electron chi connectivity index (χ1n) is 7.93. The molecule has 20 heavy (non-hydrogen) atoms. The molecule has 1 fully saturated rings. The van der Waals surface area contributed by atoms with Gasteiger partial charge in [0.05, 0.1) is 5.69 Å². The third-order valence-corrected chi connectivity index (χ3v) is 5.11. The summed E-state index contributed by atoms with van der Waals surface area (Å²) >= 11 is 3.75. The van der Waals surface area contributed by atoms with Crippen molar-refractivity contribution in [2.24, 2.45) is 11.7 Å². The third-order valence-electron chi connectivity index (χ3n) is 4.47. The van der Waals surface area contributed by atoms with Crippen molar-refractivity contribution in [2.75, 3.05) is 18.0 Å². The van der Waals surface area contributed by atoms with E-state index in [9.17, 15) is 0 Å². The van der Waals surface area contributed by atoms with Crippen LogP contribution in [0, 0.1) is 5.92 Å². The van der Waals surface area contributed by atoms with Gasteiger partial charge >= 0.3 is 0 Å². The van der Waals surface area contributed by atoms with Crippen molar-refractivity contribution in [2.45, 2.75) is 52.0 Å². The molecule has 2 rings (SSSR count). The topological polar surface area (TPSA) is 29.3 Å². The molecular weight excluding hydrogens is 312 g/mol. The molecule has 1 aromatic rings. The molecule has 2 N–H and O–H groups in total. The number of halogens is 1. The van der Waals surface area contributed by atoms with Gasteiger partial charge in [0, 0.05) is 23.6 Å². The van der Waals surface area contributed by atoms with Crippen LogP contribution in [0.2, 0.25) is 0 Å². The fourth-order valence-electron chi connectivity index (χ4n) is 3.00. The molecule has 1 aliphatic rings. The van der Waals surface area contributed by atoms with Crippen molar-refractivity contribution < 1.29 is 0 Å². The Morgan fingerprint density at radius 3 is 2.85 bits per heavy atom. The van der Waals surface area contributed by atoms with Crippen LogP contribution in [0.1, 0.15) is 45.1 Å². The summed E-state index contributed by atoms with van der Waals surface area (Å²) in [6.07, 6.45) is 5.98. The van der Waals surface area contributed by atoms with Crippen molar-refractivity contribution in [3.05, 3.63) is 28.2 Å². The summed E-state index contributed by atoms with van der Waals surface area (Å²) in [5.74, 6) is 0.851. The van der Waals surface area contributed by atoms with Gasteiger partial charge in [0.25, 0.3) is 0 Å². The van der Waals surface area contributed by atoms with E-state index in [2.05, 4.69) is 52.9 Å². The minimum Gasteiger partial charge on any atom is -0.370 e.